The first kappa shape index (κ1) is 14.4. The molecule has 0 spiro atoms. The Morgan fingerprint density at radius 1 is 1.29 bits per heavy atom. The molecule has 0 amide bonds. The van der Waals surface area contributed by atoms with E-state index in [1.807, 2.05) is 6.07 Å². The molecule has 3 rings (SSSR count). The van der Waals surface area contributed by atoms with Crippen molar-refractivity contribution in [3.63, 3.8) is 0 Å². The van der Waals surface area contributed by atoms with Crippen molar-refractivity contribution in [2.45, 2.75) is 57.0 Å². The highest BCUT2D eigenvalue weighted by atomic mass is 16.5. The minimum Gasteiger partial charge on any atom is -0.494 e. The summed E-state index contributed by atoms with van der Waals surface area (Å²) in [6.45, 7) is 0.440. The van der Waals surface area contributed by atoms with E-state index in [0.717, 1.165) is 25.0 Å². The smallest absolute Gasteiger partial charge is 0.320 e. The largest absolute Gasteiger partial charge is 0.494 e. The van der Waals surface area contributed by atoms with Crippen LogP contribution in [0.1, 0.15) is 43.2 Å². The Bertz CT molecular complexity index is 511. The van der Waals surface area contributed by atoms with E-state index in [0.29, 0.717) is 19.1 Å². The lowest BCUT2D eigenvalue weighted by atomic mass is 9.92. The Labute approximate surface area is 125 Å². The number of ether oxygens (including phenoxy) is 1. The highest BCUT2D eigenvalue weighted by Crippen LogP contribution is 2.25. The van der Waals surface area contributed by atoms with Gasteiger partial charge in [0.25, 0.3) is 0 Å². The standard InChI is InChI=1S/C17H23NO3/c19-17(20)16(18-14-6-7-14)9-10-21-15-8-5-12-3-1-2-4-13(12)11-15/h5,8,11,14,16,18H,1-4,6-7,9-10H2,(H,19,20). The second kappa shape index (κ2) is 6.48. The van der Waals surface area contributed by atoms with Crippen LogP contribution in [0.3, 0.4) is 0 Å². The van der Waals surface area contributed by atoms with E-state index in [1.165, 1.54) is 30.4 Å². The lowest BCUT2D eigenvalue weighted by molar-refractivity contribution is -0.139. The van der Waals surface area contributed by atoms with Crippen LogP contribution in [-0.2, 0) is 17.6 Å². The molecule has 0 heterocycles. The molecule has 0 saturated heterocycles. The maximum absolute atomic E-state index is 11.2. The molecular weight excluding hydrogens is 266 g/mol. The van der Waals surface area contributed by atoms with Crippen LogP contribution in [0.25, 0.3) is 0 Å². The molecule has 21 heavy (non-hydrogen) atoms. The van der Waals surface area contributed by atoms with E-state index in [9.17, 15) is 9.90 Å². The molecule has 1 aromatic carbocycles. The van der Waals surface area contributed by atoms with E-state index in [4.69, 9.17) is 4.74 Å². The summed E-state index contributed by atoms with van der Waals surface area (Å²) in [4.78, 5) is 11.2. The van der Waals surface area contributed by atoms with Crippen molar-refractivity contribution < 1.29 is 14.6 Å². The average Bonchev–Trinajstić information content (AvgIpc) is 3.30. The quantitative estimate of drug-likeness (QED) is 0.810. The van der Waals surface area contributed by atoms with Gasteiger partial charge in [0, 0.05) is 12.5 Å². The molecule has 114 valence electrons. The minimum atomic E-state index is -0.782. The molecule has 2 aliphatic carbocycles. The third-order valence-corrected chi connectivity index (χ3v) is 4.31. The van der Waals surface area contributed by atoms with Gasteiger partial charge in [-0.1, -0.05) is 6.07 Å². The highest BCUT2D eigenvalue weighted by Gasteiger charge is 2.28. The predicted octanol–water partition coefficient (Wildman–Crippen LogP) is 2.54. The first-order valence-corrected chi connectivity index (χ1v) is 7.96. The SMILES string of the molecule is O=C(O)C(CCOc1ccc2c(c1)CCCC2)NC1CC1. The number of rotatable bonds is 7. The molecular formula is C17H23NO3. The molecule has 0 bridgehead atoms. The van der Waals surface area contributed by atoms with Gasteiger partial charge in [0.1, 0.15) is 11.8 Å². The number of carbonyl (C=O) groups is 1. The van der Waals surface area contributed by atoms with Gasteiger partial charge < -0.3 is 15.2 Å². The van der Waals surface area contributed by atoms with Crippen molar-refractivity contribution >= 4 is 5.97 Å². The monoisotopic (exact) mass is 289 g/mol. The molecule has 4 heteroatoms. The Balaban J connectivity index is 1.50. The van der Waals surface area contributed by atoms with Gasteiger partial charge in [-0.2, -0.15) is 0 Å². The first-order valence-electron chi connectivity index (χ1n) is 7.96. The third kappa shape index (κ3) is 3.97. The maximum Gasteiger partial charge on any atom is 0.320 e. The molecule has 2 N–H and O–H groups in total. The third-order valence-electron chi connectivity index (χ3n) is 4.31. The van der Waals surface area contributed by atoms with E-state index in [2.05, 4.69) is 17.4 Å². The van der Waals surface area contributed by atoms with Crippen molar-refractivity contribution in [3.8, 4) is 5.75 Å². The summed E-state index contributed by atoms with van der Waals surface area (Å²) in [5, 5.41) is 12.3. The van der Waals surface area contributed by atoms with Crippen molar-refractivity contribution in [2.24, 2.45) is 0 Å². The molecule has 1 atom stereocenters. The molecule has 1 saturated carbocycles. The number of aliphatic carboxylic acids is 1. The maximum atomic E-state index is 11.2. The molecule has 1 unspecified atom stereocenters. The lowest BCUT2D eigenvalue weighted by Gasteiger charge is -2.18. The van der Waals surface area contributed by atoms with Gasteiger partial charge in [-0.15, -0.1) is 0 Å². The van der Waals surface area contributed by atoms with Gasteiger partial charge in [0.05, 0.1) is 6.61 Å². The molecule has 1 fully saturated rings. The summed E-state index contributed by atoms with van der Waals surface area (Å²) in [7, 11) is 0. The number of carboxylic acids is 1. The van der Waals surface area contributed by atoms with E-state index < -0.39 is 12.0 Å². The van der Waals surface area contributed by atoms with Crippen molar-refractivity contribution in [1.82, 2.24) is 5.32 Å². The zero-order chi connectivity index (χ0) is 14.7. The summed E-state index contributed by atoms with van der Waals surface area (Å²) in [5.74, 6) is 0.0853. The molecule has 0 aliphatic heterocycles. The van der Waals surface area contributed by atoms with Crippen LogP contribution in [0.4, 0.5) is 0 Å². The molecule has 1 aromatic rings. The summed E-state index contributed by atoms with van der Waals surface area (Å²) >= 11 is 0. The predicted molar refractivity (Wildman–Crippen MR) is 80.8 cm³/mol. The Hall–Kier alpha value is -1.55. The van der Waals surface area contributed by atoms with Crippen LogP contribution in [-0.4, -0.2) is 29.8 Å². The molecule has 4 nitrogen and oxygen atoms in total. The van der Waals surface area contributed by atoms with Crippen molar-refractivity contribution in [2.75, 3.05) is 6.61 Å². The normalized spacial score (nSPS) is 18.9. The Morgan fingerprint density at radius 2 is 2.05 bits per heavy atom. The van der Waals surface area contributed by atoms with Crippen LogP contribution in [0.5, 0.6) is 5.75 Å². The Kier molecular flexibility index (Phi) is 4.44. The average molecular weight is 289 g/mol. The number of carboxylic acid groups (broad SMARTS) is 1. The second-order valence-corrected chi connectivity index (χ2v) is 6.11. The number of hydrogen-bond acceptors (Lipinski definition) is 3. The van der Waals surface area contributed by atoms with E-state index in [-0.39, 0.29) is 0 Å². The lowest BCUT2D eigenvalue weighted by Crippen LogP contribution is -2.39. The van der Waals surface area contributed by atoms with Gasteiger partial charge >= 0.3 is 5.97 Å². The molecule has 2 aliphatic rings. The van der Waals surface area contributed by atoms with Crippen LogP contribution < -0.4 is 10.1 Å². The van der Waals surface area contributed by atoms with Crippen molar-refractivity contribution in [1.29, 1.82) is 0 Å². The summed E-state index contributed by atoms with van der Waals surface area (Å²) in [6, 6.07) is 6.19. The van der Waals surface area contributed by atoms with Crippen molar-refractivity contribution in [3.05, 3.63) is 29.3 Å². The fraction of sp³-hybridized carbons (Fsp3) is 0.588. The number of hydrogen-bond donors (Lipinski definition) is 2. The number of fused-ring (bicyclic) bond motifs is 1. The van der Waals surface area contributed by atoms with Gasteiger partial charge in [0.15, 0.2) is 0 Å². The molecule has 0 aromatic heterocycles. The van der Waals surface area contributed by atoms with Crippen LogP contribution in [0, 0.1) is 0 Å². The molecule has 0 radical (unpaired) electrons. The van der Waals surface area contributed by atoms with Crippen LogP contribution in [0.2, 0.25) is 0 Å². The highest BCUT2D eigenvalue weighted by molar-refractivity contribution is 5.73. The number of benzene rings is 1. The first-order chi connectivity index (χ1) is 10.2. The Morgan fingerprint density at radius 3 is 2.76 bits per heavy atom. The fourth-order valence-corrected chi connectivity index (χ4v) is 2.91. The topological polar surface area (TPSA) is 58.6 Å². The van der Waals surface area contributed by atoms with Crippen LogP contribution in [0.15, 0.2) is 18.2 Å². The second-order valence-electron chi connectivity index (χ2n) is 6.11. The summed E-state index contributed by atoms with van der Waals surface area (Å²) in [6.07, 6.45) is 7.52. The fourth-order valence-electron chi connectivity index (χ4n) is 2.91. The van der Waals surface area contributed by atoms with Gasteiger partial charge in [-0.05, 0) is 61.8 Å². The van der Waals surface area contributed by atoms with Gasteiger partial charge in [-0.3, -0.25) is 4.79 Å². The summed E-state index contributed by atoms with van der Waals surface area (Å²) in [5.41, 5.74) is 2.83. The zero-order valence-electron chi connectivity index (χ0n) is 12.3. The van der Waals surface area contributed by atoms with Gasteiger partial charge in [-0.25, -0.2) is 0 Å². The number of nitrogens with one attached hydrogen (secondary N) is 1. The van der Waals surface area contributed by atoms with E-state index >= 15 is 0 Å². The van der Waals surface area contributed by atoms with Crippen LogP contribution >= 0.6 is 0 Å². The van der Waals surface area contributed by atoms with Gasteiger partial charge in [0.2, 0.25) is 0 Å². The summed E-state index contributed by atoms with van der Waals surface area (Å²) < 4.78 is 5.75. The van der Waals surface area contributed by atoms with E-state index in [1.54, 1.807) is 0 Å². The zero-order valence-corrected chi connectivity index (χ0v) is 12.3. The number of aryl methyl sites for hydroxylation is 2. The minimum absolute atomic E-state index is 0.398.